The number of phenolic OH excluding ortho intramolecular Hbond substituents is 1. The van der Waals surface area contributed by atoms with Gasteiger partial charge in [-0.25, -0.2) is 4.98 Å². The monoisotopic (exact) mass is 352 g/mol. The summed E-state index contributed by atoms with van der Waals surface area (Å²) in [4.78, 5) is 19.2. The van der Waals surface area contributed by atoms with E-state index in [1.807, 2.05) is 0 Å². The number of aromatic hydroxyl groups is 1. The molecule has 1 aromatic heterocycles. The lowest BCUT2D eigenvalue weighted by Gasteiger charge is -2.10. The second kappa shape index (κ2) is 6.30. The van der Waals surface area contributed by atoms with E-state index in [0.717, 1.165) is 5.69 Å². The number of benzene rings is 1. The van der Waals surface area contributed by atoms with Gasteiger partial charge in [0, 0.05) is 5.56 Å². The van der Waals surface area contributed by atoms with E-state index in [0.29, 0.717) is 33.9 Å². The molecule has 2 aromatic rings. The molecule has 0 saturated heterocycles. The van der Waals surface area contributed by atoms with Crippen molar-refractivity contribution in [3.8, 4) is 22.9 Å². The van der Waals surface area contributed by atoms with Crippen LogP contribution in [0.1, 0.15) is 19.5 Å². The smallest absolute Gasteiger partial charge is 0.265 e. The first kappa shape index (κ1) is 15.6. The van der Waals surface area contributed by atoms with Crippen molar-refractivity contribution in [3.05, 3.63) is 38.7 Å². The molecule has 112 valence electrons. The fraction of sp³-hybridized carbons (Fsp3) is 0.333. The van der Waals surface area contributed by atoms with Gasteiger partial charge in [-0.05, 0) is 46.5 Å². The highest BCUT2D eigenvalue weighted by molar-refractivity contribution is 9.10. The van der Waals surface area contributed by atoms with Crippen LogP contribution in [0.3, 0.4) is 0 Å². The Morgan fingerprint density at radius 2 is 2.14 bits per heavy atom. The van der Waals surface area contributed by atoms with E-state index in [2.05, 4.69) is 39.7 Å². The maximum Gasteiger partial charge on any atom is 0.265 e. The van der Waals surface area contributed by atoms with Crippen LogP contribution in [0, 0.1) is 5.92 Å². The number of aromatic amines is 1. The average Bonchev–Trinajstić information content (AvgIpc) is 2.43. The molecule has 0 unspecified atom stereocenters. The third-order valence-electron chi connectivity index (χ3n) is 2.99. The van der Waals surface area contributed by atoms with Gasteiger partial charge in [0.25, 0.3) is 5.56 Å². The van der Waals surface area contributed by atoms with Crippen LogP contribution in [0.5, 0.6) is 11.5 Å². The van der Waals surface area contributed by atoms with Gasteiger partial charge in [0.15, 0.2) is 11.5 Å². The number of rotatable bonds is 4. The van der Waals surface area contributed by atoms with Crippen molar-refractivity contribution >= 4 is 15.9 Å². The summed E-state index contributed by atoms with van der Waals surface area (Å²) in [7, 11) is 1.47. The van der Waals surface area contributed by atoms with E-state index in [4.69, 9.17) is 4.74 Å². The van der Waals surface area contributed by atoms with E-state index in [-0.39, 0.29) is 11.3 Å². The van der Waals surface area contributed by atoms with Crippen LogP contribution in [0.2, 0.25) is 0 Å². The summed E-state index contributed by atoms with van der Waals surface area (Å²) in [5.41, 5.74) is 1.18. The van der Waals surface area contributed by atoms with Crippen molar-refractivity contribution in [1.29, 1.82) is 0 Å². The Balaban J connectivity index is 2.54. The van der Waals surface area contributed by atoms with E-state index in [1.54, 1.807) is 12.1 Å². The van der Waals surface area contributed by atoms with Crippen LogP contribution in [0.4, 0.5) is 0 Å². The molecule has 0 saturated carbocycles. The molecule has 2 rings (SSSR count). The first-order valence-corrected chi connectivity index (χ1v) is 7.37. The molecule has 1 heterocycles. The zero-order chi connectivity index (χ0) is 15.6. The number of nitrogens with zero attached hydrogens (tertiary/aromatic N) is 1. The number of hydrogen-bond donors (Lipinski definition) is 2. The predicted molar refractivity (Wildman–Crippen MR) is 84.8 cm³/mol. The highest BCUT2D eigenvalue weighted by atomic mass is 79.9. The van der Waals surface area contributed by atoms with Gasteiger partial charge < -0.3 is 14.8 Å². The first-order chi connectivity index (χ1) is 9.92. The number of aromatic nitrogens is 2. The minimum atomic E-state index is -0.220. The summed E-state index contributed by atoms with van der Waals surface area (Å²) in [6.45, 7) is 4.14. The van der Waals surface area contributed by atoms with Gasteiger partial charge in [-0.3, -0.25) is 4.79 Å². The minimum Gasteiger partial charge on any atom is -0.504 e. The van der Waals surface area contributed by atoms with Crippen LogP contribution >= 0.6 is 15.9 Å². The Kier molecular flexibility index (Phi) is 4.67. The first-order valence-electron chi connectivity index (χ1n) is 6.58. The number of ether oxygens (including phenoxy) is 1. The number of phenols is 1. The van der Waals surface area contributed by atoms with Gasteiger partial charge in [-0.15, -0.1) is 0 Å². The van der Waals surface area contributed by atoms with Gasteiger partial charge >= 0.3 is 0 Å². The lowest BCUT2D eigenvalue weighted by molar-refractivity contribution is 0.373. The molecule has 5 nitrogen and oxygen atoms in total. The van der Waals surface area contributed by atoms with Crippen molar-refractivity contribution in [3.63, 3.8) is 0 Å². The van der Waals surface area contributed by atoms with Gasteiger partial charge in [-0.2, -0.15) is 0 Å². The number of methoxy groups -OCH3 is 1. The minimum absolute atomic E-state index is 0.0445. The third kappa shape index (κ3) is 3.44. The average molecular weight is 353 g/mol. The van der Waals surface area contributed by atoms with Gasteiger partial charge in [-0.1, -0.05) is 13.8 Å². The van der Waals surface area contributed by atoms with Gasteiger partial charge in [0.05, 0.1) is 12.8 Å². The molecule has 0 fully saturated rings. The fourth-order valence-electron chi connectivity index (χ4n) is 1.99. The van der Waals surface area contributed by atoms with Crippen molar-refractivity contribution < 1.29 is 9.84 Å². The fourth-order valence-corrected chi connectivity index (χ4v) is 2.34. The van der Waals surface area contributed by atoms with Crippen LogP contribution in [-0.2, 0) is 6.42 Å². The maximum atomic E-state index is 12.0. The molecule has 0 spiro atoms. The summed E-state index contributed by atoms with van der Waals surface area (Å²) >= 11 is 3.28. The second-order valence-electron chi connectivity index (χ2n) is 5.16. The molecular weight excluding hydrogens is 336 g/mol. The maximum absolute atomic E-state index is 12.0. The molecule has 6 heteroatoms. The molecule has 21 heavy (non-hydrogen) atoms. The van der Waals surface area contributed by atoms with Crippen molar-refractivity contribution in [2.75, 3.05) is 7.11 Å². The molecule has 0 amide bonds. The van der Waals surface area contributed by atoms with E-state index in [9.17, 15) is 9.90 Å². The lowest BCUT2D eigenvalue weighted by atomic mass is 10.1. The molecule has 2 N–H and O–H groups in total. The SMILES string of the molecule is COc1cc(-c2nc(CC(C)C)c(Br)c(=O)[nH]2)ccc1O. The number of nitrogens with one attached hydrogen (secondary N) is 1. The van der Waals surface area contributed by atoms with Crippen molar-refractivity contribution in [2.24, 2.45) is 5.92 Å². The van der Waals surface area contributed by atoms with Crippen LogP contribution in [0.25, 0.3) is 11.4 Å². The molecule has 0 radical (unpaired) electrons. The molecule has 0 aliphatic heterocycles. The summed E-state index contributed by atoms with van der Waals surface area (Å²) in [6.07, 6.45) is 0.701. The summed E-state index contributed by atoms with van der Waals surface area (Å²) in [5, 5.41) is 9.63. The standard InChI is InChI=1S/C15H17BrN2O3/c1-8(2)6-10-13(16)15(20)18-14(17-10)9-4-5-11(19)12(7-9)21-3/h4-5,7-8,19H,6H2,1-3H3,(H,17,18,20). The molecule has 0 atom stereocenters. The Hall–Kier alpha value is -1.82. The largest absolute Gasteiger partial charge is 0.504 e. The Labute approximate surface area is 131 Å². The Morgan fingerprint density at radius 1 is 1.43 bits per heavy atom. The van der Waals surface area contributed by atoms with Crippen LogP contribution in [-0.4, -0.2) is 22.2 Å². The number of hydrogen-bond acceptors (Lipinski definition) is 4. The van der Waals surface area contributed by atoms with Crippen LogP contribution in [0.15, 0.2) is 27.5 Å². The Bertz CT molecular complexity index is 711. The zero-order valence-electron chi connectivity index (χ0n) is 12.1. The molecule has 0 bridgehead atoms. The molecule has 0 aliphatic carbocycles. The Morgan fingerprint density at radius 3 is 2.76 bits per heavy atom. The van der Waals surface area contributed by atoms with Crippen molar-refractivity contribution in [2.45, 2.75) is 20.3 Å². The zero-order valence-corrected chi connectivity index (χ0v) is 13.7. The van der Waals surface area contributed by atoms with E-state index in [1.165, 1.54) is 13.2 Å². The van der Waals surface area contributed by atoms with Gasteiger partial charge in [0.2, 0.25) is 0 Å². The summed E-state index contributed by atoms with van der Waals surface area (Å²) < 4.78 is 5.54. The molecule has 0 aliphatic rings. The van der Waals surface area contributed by atoms with E-state index < -0.39 is 0 Å². The lowest BCUT2D eigenvalue weighted by Crippen LogP contribution is -2.15. The quantitative estimate of drug-likeness (QED) is 0.886. The number of H-pyrrole nitrogens is 1. The topological polar surface area (TPSA) is 75.2 Å². The van der Waals surface area contributed by atoms with Gasteiger partial charge in [0.1, 0.15) is 10.3 Å². The van der Waals surface area contributed by atoms with E-state index >= 15 is 0 Å². The highest BCUT2D eigenvalue weighted by Gasteiger charge is 2.13. The third-order valence-corrected chi connectivity index (χ3v) is 3.80. The second-order valence-corrected chi connectivity index (χ2v) is 5.95. The van der Waals surface area contributed by atoms with Crippen LogP contribution < -0.4 is 10.3 Å². The van der Waals surface area contributed by atoms with Crippen molar-refractivity contribution in [1.82, 2.24) is 9.97 Å². The highest BCUT2D eigenvalue weighted by Crippen LogP contribution is 2.30. The molecule has 1 aromatic carbocycles. The normalized spacial score (nSPS) is 10.9. The predicted octanol–water partition coefficient (Wildman–Crippen LogP) is 3.11. The summed E-state index contributed by atoms with van der Waals surface area (Å²) in [6, 6.07) is 4.84. The molecular formula is C15H17BrN2O3. The summed E-state index contributed by atoms with van der Waals surface area (Å²) in [5.74, 6) is 1.22. The number of halogens is 1.